The molecule has 2 heterocycles. The van der Waals surface area contributed by atoms with E-state index in [9.17, 15) is 4.79 Å². The molecule has 1 aromatic carbocycles. The molecule has 0 saturated carbocycles. The lowest BCUT2D eigenvalue weighted by atomic mass is 10.1. The summed E-state index contributed by atoms with van der Waals surface area (Å²) in [6.07, 6.45) is 0. The Balaban J connectivity index is 1.77. The van der Waals surface area contributed by atoms with Crippen molar-refractivity contribution in [2.24, 2.45) is 0 Å². The molecule has 3 aromatic rings. The highest BCUT2D eigenvalue weighted by molar-refractivity contribution is 7.14. The Morgan fingerprint density at radius 1 is 1.30 bits per heavy atom. The van der Waals surface area contributed by atoms with Crippen LogP contribution in [0.1, 0.15) is 27.3 Å². The van der Waals surface area contributed by atoms with Crippen LogP contribution in [0.4, 0.5) is 0 Å². The zero-order valence-electron chi connectivity index (χ0n) is 11.3. The van der Waals surface area contributed by atoms with Gasteiger partial charge in [-0.05, 0) is 19.4 Å². The monoisotopic (exact) mass is 286 g/mol. The molecule has 20 heavy (non-hydrogen) atoms. The highest BCUT2D eigenvalue weighted by Crippen LogP contribution is 2.14. The maximum Gasteiger partial charge on any atom is 0.272 e. The molecule has 1 amide bonds. The number of imidazole rings is 1. The van der Waals surface area contributed by atoms with E-state index in [0.717, 1.165) is 10.5 Å². The summed E-state index contributed by atoms with van der Waals surface area (Å²) in [5, 5.41) is 7.05. The van der Waals surface area contributed by atoms with Crippen molar-refractivity contribution in [2.45, 2.75) is 20.4 Å². The number of nitrogens with zero attached hydrogens (tertiary/aromatic N) is 3. The van der Waals surface area contributed by atoms with Gasteiger partial charge in [0.05, 0.1) is 5.69 Å². The summed E-state index contributed by atoms with van der Waals surface area (Å²) in [6, 6.07) is 8.09. The van der Waals surface area contributed by atoms with Crippen LogP contribution in [0.2, 0.25) is 0 Å². The van der Waals surface area contributed by atoms with Crippen LogP contribution in [0.15, 0.2) is 29.8 Å². The van der Waals surface area contributed by atoms with E-state index in [1.54, 1.807) is 10.0 Å². The van der Waals surface area contributed by atoms with Gasteiger partial charge in [-0.15, -0.1) is 0 Å². The second kappa shape index (κ2) is 5.05. The summed E-state index contributed by atoms with van der Waals surface area (Å²) in [4.78, 5) is 17.3. The summed E-state index contributed by atoms with van der Waals surface area (Å²) >= 11 is 1.42. The van der Waals surface area contributed by atoms with Crippen LogP contribution >= 0.6 is 11.3 Å². The quantitative estimate of drug-likeness (QED) is 0.804. The second-order valence-electron chi connectivity index (χ2n) is 4.65. The van der Waals surface area contributed by atoms with E-state index in [0.29, 0.717) is 17.9 Å². The van der Waals surface area contributed by atoms with E-state index >= 15 is 0 Å². The van der Waals surface area contributed by atoms with E-state index in [2.05, 4.69) is 15.4 Å². The number of carbonyl (C=O) groups excluding carboxylic acids is 1. The van der Waals surface area contributed by atoms with Gasteiger partial charge in [0.15, 0.2) is 5.69 Å². The minimum Gasteiger partial charge on any atom is -0.347 e. The van der Waals surface area contributed by atoms with Gasteiger partial charge in [-0.1, -0.05) is 41.2 Å². The number of rotatable bonds is 3. The van der Waals surface area contributed by atoms with Gasteiger partial charge in [-0.3, -0.25) is 4.79 Å². The van der Waals surface area contributed by atoms with Crippen molar-refractivity contribution in [3.63, 3.8) is 0 Å². The van der Waals surface area contributed by atoms with Crippen molar-refractivity contribution in [3.05, 3.63) is 52.3 Å². The Hall–Kier alpha value is -2.21. The van der Waals surface area contributed by atoms with Gasteiger partial charge in [0, 0.05) is 6.54 Å². The second-order valence-corrected chi connectivity index (χ2v) is 5.46. The molecule has 0 aliphatic carbocycles. The van der Waals surface area contributed by atoms with E-state index in [1.807, 2.05) is 38.1 Å². The first kappa shape index (κ1) is 12.8. The van der Waals surface area contributed by atoms with Gasteiger partial charge in [0.2, 0.25) is 4.96 Å². The lowest BCUT2D eigenvalue weighted by Gasteiger charge is -2.05. The van der Waals surface area contributed by atoms with Crippen LogP contribution in [0.25, 0.3) is 4.96 Å². The van der Waals surface area contributed by atoms with E-state index in [4.69, 9.17) is 0 Å². The number of aryl methyl sites for hydroxylation is 2. The van der Waals surface area contributed by atoms with Crippen LogP contribution in [-0.4, -0.2) is 20.5 Å². The normalized spacial score (nSPS) is 10.9. The molecule has 0 spiro atoms. The van der Waals surface area contributed by atoms with Gasteiger partial charge in [-0.25, -0.2) is 4.98 Å². The Labute approximate surface area is 120 Å². The fourth-order valence-corrected chi connectivity index (χ4v) is 2.69. The Morgan fingerprint density at radius 3 is 2.80 bits per heavy atom. The molecule has 5 nitrogen and oxygen atoms in total. The average Bonchev–Trinajstić information content (AvgIpc) is 2.97. The Bertz CT molecular complexity index is 757. The molecule has 0 aliphatic rings. The van der Waals surface area contributed by atoms with E-state index in [1.165, 1.54) is 16.9 Å². The molecule has 0 aliphatic heterocycles. The van der Waals surface area contributed by atoms with Gasteiger partial charge in [-0.2, -0.15) is 9.61 Å². The average molecular weight is 286 g/mol. The van der Waals surface area contributed by atoms with Gasteiger partial charge in [0.1, 0.15) is 5.51 Å². The third-order valence-electron chi connectivity index (χ3n) is 3.11. The van der Waals surface area contributed by atoms with Crippen LogP contribution in [-0.2, 0) is 6.54 Å². The Morgan fingerprint density at radius 2 is 2.05 bits per heavy atom. The number of hydrogen-bond acceptors (Lipinski definition) is 4. The minimum absolute atomic E-state index is 0.151. The van der Waals surface area contributed by atoms with Gasteiger partial charge < -0.3 is 5.32 Å². The predicted octanol–water partition coefficient (Wildman–Crippen LogP) is 2.34. The summed E-state index contributed by atoms with van der Waals surface area (Å²) in [5.74, 6) is -0.151. The number of benzene rings is 1. The standard InChI is InChI=1S/C14H14N4OS/c1-9-3-5-11(6-4-9)7-15-13(19)12-10(2)17-14-18(12)16-8-20-14/h3-6,8H,7H2,1-2H3,(H,15,19). The van der Waals surface area contributed by atoms with E-state index < -0.39 is 0 Å². The topological polar surface area (TPSA) is 59.3 Å². The van der Waals surface area contributed by atoms with Crippen molar-refractivity contribution in [2.75, 3.05) is 0 Å². The molecule has 2 aromatic heterocycles. The van der Waals surface area contributed by atoms with Crippen molar-refractivity contribution in [1.82, 2.24) is 19.9 Å². The zero-order valence-corrected chi connectivity index (χ0v) is 12.1. The maximum absolute atomic E-state index is 12.3. The molecular formula is C14H14N4OS. The summed E-state index contributed by atoms with van der Waals surface area (Å²) in [7, 11) is 0. The summed E-state index contributed by atoms with van der Waals surface area (Å²) < 4.78 is 1.59. The Kier molecular flexibility index (Phi) is 3.23. The summed E-state index contributed by atoms with van der Waals surface area (Å²) in [6.45, 7) is 4.36. The SMILES string of the molecule is Cc1ccc(CNC(=O)c2c(C)nc3scnn23)cc1. The first-order chi connectivity index (χ1) is 9.65. The molecule has 0 bridgehead atoms. The molecule has 6 heteroatoms. The van der Waals surface area contributed by atoms with Crippen LogP contribution in [0.3, 0.4) is 0 Å². The first-order valence-electron chi connectivity index (χ1n) is 6.28. The molecule has 0 saturated heterocycles. The number of aromatic nitrogens is 3. The van der Waals surface area contributed by atoms with Crippen molar-refractivity contribution in [1.29, 1.82) is 0 Å². The lowest BCUT2D eigenvalue weighted by Crippen LogP contribution is -2.25. The van der Waals surface area contributed by atoms with Gasteiger partial charge in [0.25, 0.3) is 5.91 Å². The van der Waals surface area contributed by atoms with Crippen LogP contribution in [0.5, 0.6) is 0 Å². The number of hydrogen-bond donors (Lipinski definition) is 1. The maximum atomic E-state index is 12.3. The fourth-order valence-electron chi connectivity index (χ4n) is 2.03. The number of carbonyl (C=O) groups is 1. The predicted molar refractivity (Wildman–Crippen MR) is 78.0 cm³/mol. The molecule has 0 atom stereocenters. The van der Waals surface area contributed by atoms with E-state index in [-0.39, 0.29) is 5.91 Å². The number of amides is 1. The third kappa shape index (κ3) is 2.30. The minimum atomic E-state index is -0.151. The molecule has 0 fully saturated rings. The number of nitrogens with one attached hydrogen (secondary N) is 1. The molecular weight excluding hydrogens is 272 g/mol. The molecule has 0 radical (unpaired) electrons. The van der Waals surface area contributed by atoms with Crippen molar-refractivity contribution < 1.29 is 4.79 Å². The molecule has 3 rings (SSSR count). The third-order valence-corrected chi connectivity index (χ3v) is 3.78. The summed E-state index contributed by atoms with van der Waals surface area (Å²) in [5.41, 5.74) is 5.16. The molecule has 1 N–H and O–H groups in total. The molecule has 102 valence electrons. The van der Waals surface area contributed by atoms with Crippen molar-refractivity contribution >= 4 is 22.2 Å². The smallest absolute Gasteiger partial charge is 0.272 e. The molecule has 0 unspecified atom stereocenters. The van der Waals surface area contributed by atoms with Crippen LogP contribution in [0, 0.1) is 13.8 Å². The highest BCUT2D eigenvalue weighted by atomic mass is 32.1. The first-order valence-corrected chi connectivity index (χ1v) is 7.15. The lowest BCUT2D eigenvalue weighted by molar-refractivity contribution is 0.0943. The van der Waals surface area contributed by atoms with Crippen molar-refractivity contribution in [3.8, 4) is 0 Å². The van der Waals surface area contributed by atoms with Crippen LogP contribution < -0.4 is 5.32 Å². The fraction of sp³-hybridized carbons (Fsp3) is 0.214. The number of fused-ring (bicyclic) bond motifs is 1. The largest absolute Gasteiger partial charge is 0.347 e. The van der Waals surface area contributed by atoms with Gasteiger partial charge >= 0.3 is 0 Å². The highest BCUT2D eigenvalue weighted by Gasteiger charge is 2.17. The zero-order chi connectivity index (χ0) is 14.1.